The summed E-state index contributed by atoms with van der Waals surface area (Å²) in [6, 6.07) is 11.1. The molecule has 3 nitrogen and oxygen atoms in total. The Kier molecular flexibility index (Phi) is 10.2. The predicted octanol–water partition coefficient (Wildman–Crippen LogP) is 2.65. The zero-order valence-electron chi connectivity index (χ0n) is 12.8. The smallest absolute Gasteiger partial charge is 0.0555 e. The molecule has 0 radical (unpaired) electrons. The van der Waals surface area contributed by atoms with E-state index in [1.165, 1.54) is 37.9 Å². The molecule has 1 aromatic carbocycles. The van der Waals surface area contributed by atoms with Crippen molar-refractivity contribution < 1.29 is 25.8 Å². The molecular weight excluding hydrogens is 344 g/mol. The molecule has 1 aliphatic heterocycles. The van der Waals surface area contributed by atoms with Crippen molar-refractivity contribution in [2.45, 2.75) is 25.3 Å². The fraction of sp³-hybridized carbons (Fsp3) is 0.588. The van der Waals surface area contributed by atoms with Gasteiger partial charge in [0.2, 0.25) is 0 Å². The first-order chi connectivity index (χ1) is 9.90. The van der Waals surface area contributed by atoms with Gasteiger partial charge in [0.05, 0.1) is 6.61 Å². The molecule has 0 saturated carbocycles. The first kappa shape index (κ1) is 18.8. The number of ether oxygens (including phenoxy) is 1. The molecule has 1 N–H and O–H groups in total. The van der Waals surface area contributed by atoms with E-state index in [1.807, 2.05) is 0 Å². The number of hydrogen-bond acceptors (Lipinski definition) is 3. The van der Waals surface area contributed by atoms with E-state index in [9.17, 15) is 0 Å². The van der Waals surface area contributed by atoms with Crippen molar-refractivity contribution in [1.82, 2.24) is 10.2 Å². The van der Waals surface area contributed by atoms with E-state index < -0.39 is 0 Å². The van der Waals surface area contributed by atoms with Gasteiger partial charge in [-0.05, 0) is 31.5 Å². The molecule has 118 valence electrons. The first-order valence-corrected chi connectivity index (χ1v) is 7.78. The molecule has 21 heavy (non-hydrogen) atoms. The van der Waals surface area contributed by atoms with Crippen molar-refractivity contribution in [3.63, 3.8) is 0 Å². The number of nitrogens with zero attached hydrogens (tertiary/aromatic N) is 1. The van der Waals surface area contributed by atoms with E-state index in [2.05, 4.69) is 47.5 Å². The number of piperidine rings is 1. The number of benzene rings is 1. The maximum atomic E-state index is 5.32. The Labute approximate surface area is 143 Å². The van der Waals surface area contributed by atoms with Gasteiger partial charge in [-0.25, -0.2) is 0 Å². The molecule has 1 fully saturated rings. The van der Waals surface area contributed by atoms with E-state index in [0.717, 1.165) is 19.7 Å². The minimum absolute atomic E-state index is 0. The minimum Gasteiger partial charge on any atom is -0.412 e. The van der Waals surface area contributed by atoms with Crippen molar-refractivity contribution in [3.8, 4) is 0 Å². The Hall–Kier alpha value is -0.212. The van der Waals surface area contributed by atoms with Crippen molar-refractivity contribution in [1.29, 1.82) is 0 Å². The zero-order valence-corrected chi connectivity index (χ0v) is 14.8. The Morgan fingerprint density at radius 1 is 1.14 bits per heavy atom. The Morgan fingerprint density at radius 2 is 1.86 bits per heavy atom. The summed E-state index contributed by atoms with van der Waals surface area (Å²) in [5.41, 5.74) is 1.37. The molecule has 0 spiro atoms. The summed E-state index contributed by atoms with van der Waals surface area (Å²) in [6.07, 6.45) is 4.07. The summed E-state index contributed by atoms with van der Waals surface area (Å²) in [6.45, 7) is 9.41. The van der Waals surface area contributed by atoms with Gasteiger partial charge in [-0.1, -0.05) is 43.4 Å². The molecule has 4 heteroatoms. The summed E-state index contributed by atoms with van der Waals surface area (Å²) in [7, 11) is 0. The molecule has 1 aromatic rings. The SMILES string of the molecule is [CH2-]COCCN[C@H](CN1CCCCC1)c1ccccc1.[Mo]. The van der Waals surface area contributed by atoms with Gasteiger partial charge >= 0.3 is 0 Å². The average molecular weight is 371 g/mol. The molecule has 0 aliphatic carbocycles. The number of rotatable bonds is 8. The van der Waals surface area contributed by atoms with Crippen LogP contribution in [0.5, 0.6) is 0 Å². The van der Waals surface area contributed by atoms with Crippen LogP contribution in [0.4, 0.5) is 0 Å². The van der Waals surface area contributed by atoms with Gasteiger partial charge in [-0.15, -0.1) is 0 Å². The summed E-state index contributed by atoms with van der Waals surface area (Å²) >= 11 is 0. The second-order valence-electron chi connectivity index (χ2n) is 5.39. The largest absolute Gasteiger partial charge is 0.412 e. The van der Waals surface area contributed by atoms with E-state index in [4.69, 9.17) is 4.74 Å². The maximum Gasteiger partial charge on any atom is 0.0555 e. The molecule has 2 rings (SSSR count). The number of nitrogens with one attached hydrogen (secondary N) is 1. The zero-order chi connectivity index (χ0) is 14.0. The number of hydrogen-bond donors (Lipinski definition) is 1. The fourth-order valence-corrected chi connectivity index (χ4v) is 2.78. The van der Waals surface area contributed by atoms with Crippen LogP contribution in [-0.4, -0.2) is 44.3 Å². The molecule has 0 bridgehead atoms. The third kappa shape index (κ3) is 7.06. The van der Waals surface area contributed by atoms with Gasteiger partial charge in [0.1, 0.15) is 0 Å². The van der Waals surface area contributed by atoms with Crippen LogP contribution >= 0.6 is 0 Å². The van der Waals surface area contributed by atoms with E-state index in [-0.39, 0.29) is 21.1 Å². The van der Waals surface area contributed by atoms with Crippen LogP contribution < -0.4 is 5.32 Å². The first-order valence-electron chi connectivity index (χ1n) is 7.78. The van der Waals surface area contributed by atoms with Gasteiger partial charge in [0, 0.05) is 40.2 Å². The van der Waals surface area contributed by atoms with Gasteiger partial charge in [-0.2, -0.15) is 0 Å². The van der Waals surface area contributed by atoms with Crippen LogP contribution in [0.15, 0.2) is 30.3 Å². The molecule has 1 aliphatic rings. The topological polar surface area (TPSA) is 24.5 Å². The second-order valence-corrected chi connectivity index (χ2v) is 5.39. The average Bonchev–Trinajstić information content (AvgIpc) is 2.52. The van der Waals surface area contributed by atoms with Gasteiger partial charge in [0.15, 0.2) is 0 Å². The van der Waals surface area contributed by atoms with Gasteiger partial charge in [-0.3, -0.25) is 0 Å². The van der Waals surface area contributed by atoms with Crippen molar-refractivity contribution >= 4 is 0 Å². The summed E-state index contributed by atoms with van der Waals surface area (Å²) in [5.74, 6) is 0. The summed E-state index contributed by atoms with van der Waals surface area (Å²) in [4.78, 5) is 2.58. The van der Waals surface area contributed by atoms with Crippen LogP contribution in [0.2, 0.25) is 0 Å². The van der Waals surface area contributed by atoms with Crippen LogP contribution in [0, 0.1) is 6.92 Å². The van der Waals surface area contributed by atoms with E-state index in [0.29, 0.717) is 12.6 Å². The minimum atomic E-state index is 0. The van der Waals surface area contributed by atoms with E-state index in [1.54, 1.807) is 0 Å². The molecule has 0 amide bonds. The molecule has 0 aromatic heterocycles. The fourth-order valence-electron chi connectivity index (χ4n) is 2.78. The summed E-state index contributed by atoms with van der Waals surface area (Å²) in [5, 5.41) is 3.62. The molecule has 1 saturated heterocycles. The third-order valence-corrected chi connectivity index (χ3v) is 3.87. The van der Waals surface area contributed by atoms with Crippen LogP contribution in [0.1, 0.15) is 30.9 Å². The molecular formula is C17H27MoN2O-. The standard InChI is InChI=1S/C17H27N2O.Mo/c1-2-20-14-11-18-17(16-9-5-3-6-10-16)15-19-12-7-4-8-13-19;/h3,5-6,9-10,17-18H,1-2,4,7-8,11-15H2;/q-1;/t17-;/m1./s1. The molecule has 0 unspecified atom stereocenters. The summed E-state index contributed by atoms with van der Waals surface area (Å²) < 4.78 is 5.32. The molecule has 1 heterocycles. The molecule has 1 atom stereocenters. The Bertz CT molecular complexity index is 355. The third-order valence-electron chi connectivity index (χ3n) is 3.87. The normalized spacial score (nSPS) is 17.2. The van der Waals surface area contributed by atoms with Gasteiger partial charge in [0.25, 0.3) is 0 Å². The number of likely N-dealkylation sites (tertiary alicyclic amines) is 1. The van der Waals surface area contributed by atoms with Crippen LogP contribution in [0.25, 0.3) is 0 Å². The monoisotopic (exact) mass is 373 g/mol. The second kappa shape index (κ2) is 11.4. The predicted molar refractivity (Wildman–Crippen MR) is 83.7 cm³/mol. The van der Waals surface area contributed by atoms with Gasteiger partial charge < -0.3 is 21.9 Å². The maximum absolute atomic E-state index is 5.32. The Morgan fingerprint density at radius 3 is 2.52 bits per heavy atom. The Balaban J connectivity index is 0.00000220. The van der Waals surface area contributed by atoms with E-state index >= 15 is 0 Å². The van der Waals surface area contributed by atoms with Crippen LogP contribution in [-0.2, 0) is 25.8 Å². The quantitative estimate of drug-likeness (QED) is 0.432. The van der Waals surface area contributed by atoms with Crippen molar-refractivity contribution in [2.75, 3.05) is 39.4 Å². The van der Waals surface area contributed by atoms with Crippen LogP contribution in [0.3, 0.4) is 0 Å². The van der Waals surface area contributed by atoms with Crippen molar-refractivity contribution in [2.24, 2.45) is 0 Å². The van der Waals surface area contributed by atoms with Crippen molar-refractivity contribution in [3.05, 3.63) is 42.8 Å².